The lowest BCUT2D eigenvalue weighted by Crippen LogP contribution is -2.02. The highest BCUT2D eigenvalue weighted by Crippen LogP contribution is 2.46. The van der Waals surface area contributed by atoms with Gasteiger partial charge >= 0.3 is 0 Å². The van der Waals surface area contributed by atoms with Gasteiger partial charge in [-0.1, -0.05) is 31.9 Å². The molecule has 102 valence electrons. The maximum atomic E-state index is 5.61. The number of hydrogen-bond acceptors (Lipinski definition) is 2. The van der Waals surface area contributed by atoms with Crippen LogP contribution in [-0.4, -0.2) is 7.11 Å². The van der Waals surface area contributed by atoms with Crippen molar-refractivity contribution < 1.29 is 4.74 Å². The predicted molar refractivity (Wildman–Crippen MR) is 93.0 cm³/mol. The van der Waals surface area contributed by atoms with Gasteiger partial charge in [-0.15, -0.1) is 11.3 Å². The molecular formula is C14H13Br3OS. The van der Waals surface area contributed by atoms with Gasteiger partial charge in [0.25, 0.3) is 0 Å². The van der Waals surface area contributed by atoms with Crippen LogP contribution in [0.2, 0.25) is 0 Å². The second-order valence-electron chi connectivity index (χ2n) is 4.24. The Morgan fingerprint density at radius 2 is 1.89 bits per heavy atom. The Hall–Kier alpha value is 0.160. The number of benzene rings is 1. The molecule has 1 aromatic heterocycles. The lowest BCUT2D eigenvalue weighted by atomic mass is 10.00. The minimum Gasteiger partial charge on any atom is -0.496 e. The van der Waals surface area contributed by atoms with E-state index in [-0.39, 0.29) is 4.83 Å². The van der Waals surface area contributed by atoms with Gasteiger partial charge < -0.3 is 4.74 Å². The molecule has 0 aliphatic carbocycles. The number of halogens is 3. The molecule has 1 nitrogen and oxygen atoms in total. The van der Waals surface area contributed by atoms with E-state index in [1.54, 1.807) is 18.4 Å². The smallest absolute Gasteiger partial charge is 0.126 e. The van der Waals surface area contributed by atoms with E-state index in [9.17, 15) is 0 Å². The third-order valence-electron chi connectivity index (χ3n) is 3.04. The molecule has 0 aliphatic heterocycles. The van der Waals surface area contributed by atoms with Crippen LogP contribution in [0.25, 0.3) is 0 Å². The summed E-state index contributed by atoms with van der Waals surface area (Å²) in [6, 6.07) is 4.17. The van der Waals surface area contributed by atoms with E-state index < -0.39 is 0 Å². The van der Waals surface area contributed by atoms with Crippen LogP contribution in [0.5, 0.6) is 5.75 Å². The molecule has 1 heterocycles. The Bertz CT molecular complexity index is 607. The summed E-state index contributed by atoms with van der Waals surface area (Å²) in [6.07, 6.45) is 0. The van der Waals surface area contributed by atoms with Crippen molar-refractivity contribution in [3.8, 4) is 5.75 Å². The zero-order chi connectivity index (χ0) is 14.2. The monoisotopic (exact) mass is 466 g/mol. The Morgan fingerprint density at radius 3 is 2.42 bits per heavy atom. The number of rotatable bonds is 3. The van der Waals surface area contributed by atoms with Crippen molar-refractivity contribution >= 4 is 59.1 Å². The largest absolute Gasteiger partial charge is 0.496 e. The number of methoxy groups -OCH3 is 1. The van der Waals surface area contributed by atoms with Crippen LogP contribution in [-0.2, 0) is 0 Å². The Labute approximate surface area is 142 Å². The van der Waals surface area contributed by atoms with Crippen LogP contribution < -0.4 is 4.74 Å². The number of hydrogen-bond donors (Lipinski definition) is 0. The summed E-state index contributed by atoms with van der Waals surface area (Å²) in [5.74, 6) is 0.947. The molecule has 2 rings (SSSR count). The molecule has 0 bridgehead atoms. The van der Waals surface area contributed by atoms with Crippen molar-refractivity contribution in [2.24, 2.45) is 0 Å². The van der Waals surface area contributed by atoms with Crippen molar-refractivity contribution in [3.63, 3.8) is 0 Å². The fourth-order valence-corrected chi connectivity index (χ4v) is 5.64. The van der Waals surface area contributed by atoms with E-state index in [0.717, 1.165) is 20.3 Å². The van der Waals surface area contributed by atoms with Crippen LogP contribution in [0, 0.1) is 13.8 Å². The third-order valence-corrected chi connectivity index (χ3v) is 7.02. The number of ether oxygens (including phenoxy) is 1. The van der Waals surface area contributed by atoms with Gasteiger partial charge in [0.05, 0.1) is 11.9 Å². The van der Waals surface area contributed by atoms with Gasteiger partial charge in [0.2, 0.25) is 0 Å². The number of thiophene rings is 1. The topological polar surface area (TPSA) is 9.23 Å². The second kappa shape index (κ2) is 6.29. The zero-order valence-electron chi connectivity index (χ0n) is 10.8. The summed E-state index contributed by atoms with van der Waals surface area (Å²) in [6.45, 7) is 4.17. The Balaban J connectivity index is 2.64. The average Bonchev–Trinajstić information content (AvgIpc) is 2.79. The van der Waals surface area contributed by atoms with Gasteiger partial charge in [0.1, 0.15) is 5.75 Å². The van der Waals surface area contributed by atoms with Gasteiger partial charge in [-0.25, -0.2) is 0 Å². The van der Waals surface area contributed by atoms with Gasteiger partial charge in [-0.05, 0) is 58.4 Å². The van der Waals surface area contributed by atoms with E-state index in [2.05, 4.69) is 79.2 Å². The molecule has 0 aliphatic rings. The highest BCUT2D eigenvalue weighted by molar-refractivity contribution is 9.11. The Kier molecular flexibility index (Phi) is 5.15. The zero-order valence-corrected chi connectivity index (χ0v) is 16.3. The summed E-state index contributed by atoms with van der Waals surface area (Å²) < 4.78 is 7.84. The van der Waals surface area contributed by atoms with E-state index in [0.29, 0.717) is 0 Å². The van der Waals surface area contributed by atoms with Crippen molar-refractivity contribution in [1.82, 2.24) is 0 Å². The average molecular weight is 469 g/mol. The molecule has 2 aromatic rings. The number of alkyl halides is 1. The fraction of sp³-hybridized carbons (Fsp3) is 0.286. The van der Waals surface area contributed by atoms with E-state index in [1.165, 1.54) is 16.0 Å². The van der Waals surface area contributed by atoms with Crippen molar-refractivity contribution in [1.29, 1.82) is 0 Å². The normalized spacial score (nSPS) is 12.5. The molecule has 0 radical (unpaired) electrons. The van der Waals surface area contributed by atoms with Crippen LogP contribution in [0.3, 0.4) is 0 Å². The summed E-state index contributed by atoms with van der Waals surface area (Å²) >= 11 is 12.8. The predicted octanol–water partition coefficient (Wildman–Crippen LogP) is 6.38. The first-order valence-corrected chi connectivity index (χ1v) is 9.06. The maximum absolute atomic E-state index is 5.61. The first-order valence-electron chi connectivity index (χ1n) is 5.68. The maximum Gasteiger partial charge on any atom is 0.126 e. The molecule has 1 unspecified atom stereocenters. The third kappa shape index (κ3) is 2.94. The minimum atomic E-state index is 0.119. The van der Waals surface area contributed by atoms with Crippen LogP contribution in [0.15, 0.2) is 26.5 Å². The minimum absolute atomic E-state index is 0.119. The molecule has 0 N–H and O–H groups in total. The van der Waals surface area contributed by atoms with Gasteiger partial charge in [0, 0.05) is 19.4 Å². The highest BCUT2D eigenvalue weighted by Gasteiger charge is 2.23. The van der Waals surface area contributed by atoms with Gasteiger partial charge in [0.15, 0.2) is 0 Å². The van der Waals surface area contributed by atoms with Crippen molar-refractivity contribution in [2.75, 3.05) is 7.11 Å². The first-order chi connectivity index (χ1) is 8.97. The molecule has 1 aromatic carbocycles. The number of aryl methyl sites for hydroxylation is 1. The summed E-state index contributed by atoms with van der Waals surface area (Å²) in [4.78, 5) is 1.37. The molecule has 0 saturated heterocycles. The second-order valence-corrected chi connectivity index (χ2v) is 7.81. The van der Waals surface area contributed by atoms with Crippen molar-refractivity contribution in [3.05, 3.63) is 48.0 Å². The Morgan fingerprint density at radius 1 is 1.21 bits per heavy atom. The standard InChI is InChI=1S/C14H13Br3OS/c1-7-6-10(16)8(2)11(13(7)18-3)12(17)14-9(15)4-5-19-14/h4-6,12H,1-3H3. The van der Waals surface area contributed by atoms with E-state index in [4.69, 9.17) is 4.74 Å². The van der Waals surface area contributed by atoms with Gasteiger partial charge in [-0.3, -0.25) is 0 Å². The summed E-state index contributed by atoms with van der Waals surface area (Å²) in [5.41, 5.74) is 3.51. The molecule has 5 heteroatoms. The van der Waals surface area contributed by atoms with Crippen molar-refractivity contribution in [2.45, 2.75) is 18.7 Å². The molecule has 0 amide bonds. The first kappa shape index (κ1) is 15.5. The van der Waals surface area contributed by atoms with Crippen LogP contribution in [0.1, 0.15) is 26.4 Å². The summed E-state index contributed by atoms with van der Waals surface area (Å²) in [5, 5.41) is 2.08. The van der Waals surface area contributed by atoms with E-state index >= 15 is 0 Å². The molecule has 0 fully saturated rings. The molecule has 19 heavy (non-hydrogen) atoms. The lowest BCUT2D eigenvalue weighted by Gasteiger charge is -2.20. The fourth-order valence-electron chi connectivity index (χ4n) is 2.07. The SMILES string of the molecule is COc1c(C)cc(Br)c(C)c1C(Br)c1sccc1Br. The lowest BCUT2D eigenvalue weighted by molar-refractivity contribution is 0.407. The molecular weight excluding hydrogens is 456 g/mol. The molecule has 1 atom stereocenters. The van der Waals surface area contributed by atoms with Crippen LogP contribution in [0.4, 0.5) is 0 Å². The van der Waals surface area contributed by atoms with Gasteiger partial charge in [-0.2, -0.15) is 0 Å². The molecule has 0 saturated carbocycles. The van der Waals surface area contributed by atoms with E-state index in [1.807, 2.05) is 0 Å². The van der Waals surface area contributed by atoms with Crippen LogP contribution >= 0.6 is 59.1 Å². The quantitative estimate of drug-likeness (QED) is 0.475. The highest BCUT2D eigenvalue weighted by atomic mass is 79.9. The molecule has 0 spiro atoms. The summed E-state index contributed by atoms with van der Waals surface area (Å²) in [7, 11) is 1.72.